The number of phenolic OH excluding ortho intramolecular Hbond substituents is 1. The first-order valence-electron chi connectivity index (χ1n) is 8.11. The summed E-state index contributed by atoms with van der Waals surface area (Å²) in [5.74, 6) is 0.245. The monoisotopic (exact) mass is 434 g/mol. The number of ether oxygens (including phenoxy) is 1. The quantitative estimate of drug-likeness (QED) is 0.611. The van der Waals surface area contributed by atoms with Crippen LogP contribution < -0.4 is 15.4 Å². The van der Waals surface area contributed by atoms with E-state index in [0.29, 0.717) is 15.1 Å². The lowest BCUT2D eigenvalue weighted by Crippen LogP contribution is -2.30. The van der Waals surface area contributed by atoms with Crippen LogP contribution in [-0.2, 0) is 11.2 Å². The lowest BCUT2D eigenvalue weighted by atomic mass is 10.1. The molecule has 2 aromatic carbocycles. The van der Waals surface area contributed by atoms with Crippen LogP contribution in [0.1, 0.15) is 18.1 Å². The molecule has 2 aromatic rings. The van der Waals surface area contributed by atoms with E-state index in [4.69, 9.17) is 4.74 Å². The van der Waals surface area contributed by atoms with Gasteiger partial charge in [0.15, 0.2) is 17.0 Å². The lowest BCUT2D eigenvalue weighted by Gasteiger charge is -2.12. The molecule has 0 bridgehead atoms. The summed E-state index contributed by atoms with van der Waals surface area (Å²) in [5.41, 5.74) is 2.75. The molecular weight excluding hydrogens is 416 g/mol. The van der Waals surface area contributed by atoms with Crippen molar-refractivity contribution >= 4 is 45.4 Å². The molecule has 1 amide bonds. The molecule has 1 fully saturated rings. The van der Waals surface area contributed by atoms with E-state index in [-0.39, 0.29) is 17.2 Å². The molecule has 1 aliphatic rings. The summed E-state index contributed by atoms with van der Waals surface area (Å²) in [6, 6.07) is 11.6. The number of methoxy groups -OCH3 is 1. The highest BCUT2D eigenvalue weighted by Gasteiger charge is 2.27. The van der Waals surface area contributed by atoms with Crippen LogP contribution in [0.15, 0.2) is 45.8 Å². The summed E-state index contributed by atoms with van der Waals surface area (Å²) < 4.78 is 5.66. The minimum atomic E-state index is -0.233. The zero-order chi connectivity index (χ0) is 18.7. The number of halogens is 1. The van der Waals surface area contributed by atoms with E-state index in [1.807, 2.05) is 12.1 Å². The van der Waals surface area contributed by atoms with Crippen LogP contribution in [0.4, 0.5) is 5.69 Å². The number of anilines is 1. The Hall–Kier alpha value is -2.12. The molecule has 3 N–H and O–H groups in total. The predicted octanol–water partition coefficient (Wildman–Crippen LogP) is 4.33. The second kappa shape index (κ2) is 8.05. The number of carbonyl (C=O) groups is 1. The molecule has 0 aromatic heterocycles. The van der Waals surface area contributed by atoms with Crippen LogP contribution in [-0.4, -0.2) is 23.6 Å². The van der Waals surface area contributed by atoms with Crippen molar-refractivity contribution in [2.45, 2.75) is 18.8 Å². The maximum Gasteiger partial charge on any atom is 0.260 e. The van der Waals surface area contributed by atoms with Crippen molar-refractivity contribution in [2.24, 2.45) is 0 Å². The van der Waals surface area contributed by atoms with Gasteiger partial charge in [-0.2, -0.15) is 0 Å². The fourth-order valence-corrected chi connectivity index (χ4v) is 3.98. The second-order valence-electron chi connectivity index (χ2n) is 5.73. The second-order valence-corrected chi connectivity index (χ2v) is 7.73. The van der Waals surface area contributed by atoms with E-state index in [9.17, 15) is 9.90 Å². The van der Waals surface area contributed by atoms with Gasteiger partial charge in [0.05, 0.1) is 16.5 Å². The van der Waals surface area contributed by atoms with Gasteiger partial charge < -0.3 is 20.5 Å². The average Bonchev–Trinajstić information content (AvgIpc) is 2.97. The maximum atomic E-state index is 12.3. The summed E-state index contributed by atoms with van der Waals surface area (Å²) in [6.07, 6.45) is 2.77. The fourth-order valence-electron chi connectivity index (χ4n) is 2.54. The molecule has 0 spiro atoms. The van der Waals surface area contributed by atoms with Gasteiger partial charge in [-0.25, -0.2) is 0 Å². The summed E-state index contributed by atoms with van der Waals surface area (Å²) in [4.78, 5) is 12.8. The Morgan fingerprint density at radius 2 is 2.08 bits per heavy atom. The molecule has 5 nitrogen and oxygen atoms in total. The molecule has 136 valence electrons. The van der Waals surface area contributed by atoms with Crippen molar-refractivity contribution in [2.75, 3.05) is 12.4 Å². The van der Waals surface area contributed by atoms with Crippen molar-refractivity contribution in [3.05, 3.63) is 56.9 Å². The molecule has 3 rings (SSSR count). The number of aromatic hydroxyl groups is 1. The van der Waals surface area contributed by atoms with E-state index in [1.54, 1.807) is 18.2 Å². The van der Waals surface area contributed by atoms with Crippen LogP contribution in [0.3, 0.4) is 0 Å². The number of hydrogen-bond donors (Lipinski definition) is 3. The largest absolute Gasteiger partial charge is 0.503 e. The maximum absolute atomic E-state index is 12.3. The van der Waals surface area contributed by atoms with Gasteiger partial charge in [0, 0.05) is 5.69 Å². The third-order valence-electron chi connectivity index (χ3n) is 3.96. The van der Waals surface area contributed by atoms with Gasteiger partial charge in [-0.1, -0.05) is 30.8 Å². The van der Waals surface area contributed by atoms with Gasteiger partial charge in [0.2, 0.25) is 0 Å². The Bertz CT molecular complexity index is 853. The molecule has 7 heteroatoms. The smallest absolute Gasteiger partial charge is 0.260 e. The third-order valence-corrected chi connectivity index (χ3v) is 5.59. The van der Waals surface area contributed by atoms with Crippen LogP contribution in [0.5, 0.6) is 11.5 Å². The first-order chi connectivity index (χ1) is 12.5. The first kappa shape index (κ1) is 18.7. The predicted molar refractivity (Wildman–Crippen MR) is 109 cm³/mol. The summed E-state index contributed by atoms with van der Waals surface area (Å²) in [7, 11) is 1.49. The molecule has 1 heterocycles. The molecule has 0 saturated carbocycles. The Morgan fingerprint density at radius 3 is 2.73 bits per heavy atom. The van der Waals surface area contributed by atoms with Crippen molar-refractivity contribution in [3.8, 4) is 11.5 Å². The molecule has 0 radical (unpaired) electrons. The Balaban J connectivity index is 1.75. The number of thioether (sulfide) groups is 1. The Labute approximate surface area is 165 Å². The average molecular weight is 435 g/mol. The zero-order valence-corrected chi connectivity index (χ0v) is 16.8. The highest BCUT2D eigenvalue weighted by molar-refractivity contribution is 9.10. The van der Waals surface area contributed by atoms with Gasteiger partial charge in [-0.3, -0.25) is 4.79 Å². The fraction of sp³-hybridized carbons (Fsp3) is 0.211. The number of rotatable bonds is 5. The van der Waals surface area contributed by atoms with Gasteiger partial charge in [0.1, 0.15) is 0 Å². The highest BCUT2D eigenvalue weighted by Crippen LogP contribution is 2.37. The van der Waals surface area contributed by atoms with E-state index < -0.39 is 0 Å². The van der Waals surface area contributed by atoms with Crippen LogP contribution in [0.25, 0.3) is 6.08 Å². The number of carbonyl (C=O) groups excluding carboxylic acids is 1. The number of nitrogens with one attached hydrogen (secondary N) is 2. The Kier molecular flexibility index (Phi) is 5.78. The molecule has 0 unspecified atom stereocenters. The molecule has 26 heavy (non-hydrogen) atoms. The van der Waals surface area contributed by atoms with Gasteiger partial charge in [0.25, 0.3) is 5.91 Å². The zero-order valence-electron chi connectivity index (χ0n) is 14.4. The van der Waals surface area contributed by atoms with Crippen molar-refractivity contribution in [1.29, 1.82) is 0 Å². The van der Waals surface area contributed by atoms with Gasteiger partial charge >= 0.3 is 0 Å². The van der Waals surface area contributed by atoms with Crippen molar-refractivity contribution < 1.29 is 14.6 Å². The normalized spacial score (nSPS) is 18.0. The third kappa shape index (κ3) is 4.16. The molecule has 0 aliphatic carbocycles. The van der Waals surface area contributed by atoms with Gasteiger partial charge in [-0.05, 0) is 63.8 Å². The van der Waals surface area contributed by atoms with E-state index in [1.165, 1.54) is 24.4 Å². The Morgan fingerprint density at radius 1 is 1.35 bits per heavy atom. The highest BCUT2D eigenvalue weighted by atomic mass is 79.9. The molecule has 1 atom stereocenters. The van der Waals surface area contributed by atoms with Crippen LogP contribution in [0, 0.1) is 0 Å². The number of benzene rings is 2. The van der Waals surface area contributed by atoms with E-state index >= 15 is 0 Å². The SMILES string of the molecule is CCc1ccc(N[C@H]2NC(=O)/C(=C/c3cc(Br)c(O)c(OC)c3)S2)cc1. The standard InChI is InChI=1S/C19H19BrN2O3S/c1-3-11-4-6-13(7-5-11)21-19-22-18(24)16(26-19)10-12-8-14(20)17(23)15(9-12)25-2/h4-10,19,21,23H,3H2,1-2H3,(H,22,24)/b16-10-/t19-/m0/s1. The summed E-state index contributed by atoms with van der Waals surface area (Å²) in [6.45, 7) is 2.11. The number of phenols is 1. The summed E-state index contributed by atoms with van der Waals surface area (Å²) >= 11 is 4.70. The van der Waals surface area contributed by atoms with Crippen molar-refractivity contribution in [1.82, 2.24) is 5.32 Å². The molecule has 1 saturated heterocycles. The molecular formula is C19H19BrN2O3S. The number of aryl methyl sites for hydroxylation is 1. The summed E-state index contributed by atoms with van der Waals surface area (Å²) in [5, 5.41) is 16.1. The topological polar surface area (TPSA) is 70.6 Å². The van der Waals surface area contributed by atoms with Crippen LogP contribution >= 0.6 is 27.7 Å². The first-order valence-corrected chi connectivity index (χ1v) is 9.78. The lowest BCUT2D eigenvalue weighted by molar-refractivity contribution is -0.116. The number of amides is 1. The van der Waals surface area contributed by atoms with E-state index in [2.05, 4.69) is 45.6 Å². The number of hydrogen-bond acceptors (Lipinski definition) is 5. The molecule has 1 aliphatic heterocycles. The van der Waals surface area contributed by atoms with Crippen LogP contribution in [0.2, 0.25) is 0 Å². The van der Waals surface area contributed by atoms with Gasteiger partial charge in [-0.15, -0.1) is 0 Å². The minimum Gasteiger partial charge on any atom is -0.503 e. The minimum absolute atomic E-state index is 0.0354. The van der Waals surface area contributed by atoms with E-state index in [0.717, 1.165) is 17.7 Å². The van der Waals surface area contributed by atoms with Crippen molar-refractivity contribution in [3.63, 3.8) is 0 Å².